The highest BCUT2D eigenvalue weighted by Crippen LogP contribution is 2.61. The molecular formula is C24H36N2O. The van der Waals surface area contributed by atoms with Gasteiger partial charge in [0.25, 0.3) is 0 Å². The van der Waals surface area contributed by atoms with Crippen molar-refractivity contribution in [3.05, 3.63) is 35.9 Å². The lowest BCUT2D eigenvalue weighted by atomic mass is 9.47. The van der Waals surface area contributed by atoms with Crippen molar-refractivity contribution in [2.24, 2.45) is 16.7 Å². The molecular weight excluding hydrogens is 332 g/mol. The average molecular weight is 369 g/mol. The van der Waals surface area contributed by atoms with Gasteiger partial charge >= 0.3 is 0 Å². The van der Waals surface area contributed by atoms with E-state index in [1.165, 1.54) is 24.8 Å². The minimum absolute atomic E-state index is 0.143. The fraction of sp³-hybridized carbons (Fsp3) is 0.708. The van der Waals surface area contributed by atoms with Crippen LogP contribution in [0.25, 0.3) is 0 Å². The molecule has 0 spiro atoms. The highest BCUT2D eigenvalue weighted by Gasteiger charge is 2.55. The molecule has 4 rings (SSSR count). The first-order valence-corrected chi connectivity index (χ1v) is 10.7. The van der Waals surface area contributed by atoms with Crippen LogP contribution in [0.2, 0.25) is 0 Å². The Kier molecular flexibility index (Phi) is 4.65. The standard InChI is InChI=1S/C24H36N2O/c1-22(2)12-18-13-23(3,21(27)25-20-10-11-26(4)15-20)17-24(14-18,16-22)19-8-6-5-7-9-19/h5-9,18,20H,10-17H2,1-4H3,(H,25,27). The molecule has 1 heterocycles. The van der Waals surface area contributed by atoms with Crippen molar-refractivity contribution in [1.29, 1.82) is 0 Å². The number of nitrogens with one attached hydrogen (secondary N) is 1. The topological polar surface area (TPSA) is 32.3 Å². The SMILES string of the molecule is CN1CCC(NC(=O)C2(C)CC3CC(C)(C)CC(c4ccccc4)(C3)C2)C1. The number of carbonyl (C=O) groups excluding carboxylic acids is 1. The van der Waals surface area contributed by atoms with Crippen molar-refractivity contribution in [3.8, 4) is 0 Å². The van der Waals surface area contributed by atoms with Gasteiger partial charge in [-0.25, -0.2) is 0 Å². The Labute approximate surface area is 164 Å². The van der Waals surface area contributed by atoms with E-state index >= 15 is 0 Å². The second-order valence-corrected chi connectivity index (χ2v) is 10.9. The molecule has 2 saturated carbocycles. The molecule has 2 aliphatic carbocycles. The third-order valence-electron chi connectivity index (χ3n) is 7.47. The zero-order chi connectivity index (χ0) is 19.3. The van der Waals surface area contributed by atoms with Crippen molar-refractivity contribution in [2.45, 2.75) is 70.8 Å². The van der Waals surface area contributed by atoms with Crippen LogP contribution in [-0.2, 0) is 10.2 Å². The van der Waals surface area contributed by atoms with Gasteiger partial charge in [-0.2, -0.15) is 0 Å². The van der Waals surface area contributed by atoms with Gasteiger partial charge in [0.05, 0.1) is 0 Å². The van der Waals surface area contributed by atoms with Crippen molar-refractivity contribution < 1.29 is 4.79 Å². The zero-order valence-electron chi connectivity index (χ0n) is 17.6. The molecule has 27 heavy (non-hydrogen) atoms. The summed E-state index contributed by atoms with van der Waals surface area (Å²) in [6.45, 7) is 9.17. The van der Waals surface area contributed by atoms with E-state index in [2.05, 4.69) is 68.4 Å². The number of benzene rings is 1. The molecule has 0 radical (unpaired) electrons. The number of rotatable bonds is 3. The smallest absolute Gasteiger partial charge is 0.226 e. The van der Waals surface area contributed by atoms with Gasteiger partial charge in [0.1, 0.15) is 0 Å². The number of hydrogen-bond acceptors (Lipinski definition) is 2. The molecule has 0 aromatic heterocycles. The summed E-state index contributed by atoms with van der Waals surface area (Å²) in [7, 11) is 2.14. The lowest BCUT2D eigenvalue weighted by Crippen LogP contribution is -2.55. The summed E-state index contributed by atoms with van der Waals surface area (Å²) in [6.07, 6.45) is 6.79. The van der Waals surface area contributed by atoms with Crippen LogP contribution in [0.4, 0.5) is 0 Å². The summed E-state index contributed by atoms with van der Waals surface area (Å²) < 4.78 is 0. The lowest BCUT2D eigenvalue weighted by Gasteiger charge is -2.57. The second kappa shape index (κ2) is 6.62. The maximum Gasteiger partial charge on any atom is 0.226 e. The van der Waals surface area contributed by atoms with Crippen LogP contribution in [0.15, 0.2) is 30.3 Å². The predicted molar refractivity (Wildman–Crippen MR) is 111 cm³/mol. The van der Waals surface area contributed by atoms with Crippen LogP contribution >= 0.6 is 0 Å². The maximum absolute atomic E-state index is 13.4. The van der Waals surface area contributed by atoms with Crippen LogP contribution in [0.1, 0.15) is 64.9 Å². The summed E-state index contributed by atoms with van der Waals surface area (Å²) in [5.74, 6) is 0.942. The zero-order valence-corrected chi connectivity index (χ0v) is 17.6. The third kappa shape index (κ3) is 3.68. The van der Waals surface area contributed by atoms with E-state index in [0.29, 0.717) is 23.3 Å². The molecule has 4 atom stereocenters. The molecule has 1 aliphatic heterocycles. The van der Waals surface area contributed by atoms with E-state index in [-0.39, 0.29) is 10.8 Å². The fourth-order valence-corrected chi connectivity index (χ4v) is 6.90. The van der Waals surface area contributed by atoms with E-state index in [9.17, 15) is 4.79 Å². The van der Waals surface area contributed by atoms with Gasteiger partial charge in [-0.15, -0.1) is 0 Å². The first kappa shape index (κ1) is 19.0. The number of amides is 1. The van der Waals surface area contributed by atoms with Gasteiger partial charge in [-0.1, -0.05) is 51.1 Å². The van der Waals surface area contributed by atoms with Crippen molar-refractivity contribution in [2.75, 3.05) is 20.1 Å². The predicted octanol–water partition coefficient (Wildman–Crippen LogP) is 4.37. The highest BCUT2D eigenvalue weighted by atomic mass is 16.2. The Hall–Kier alpha value is -1.35. The van der Waals surface area contributed by atoms with E-state index in [4.69, 9.17) is 0 Å². The number of nitrogens with zero attached hydrogens (tertiary/aromatic N) is 1. The second-order valence-electron chi connectivity index (χ2n) is 10.9. The van der Waals surface area contributed by atoms with Crippen LogP contribution in [0, 0.1) is 16.7 Å². The number of carbonyl (C=O) groups is 1. The Morgan fingerprint density at radius 3 is 2.48 bits per heavy atom. The minimum atomic E-state index is -0.254. The van der Waals surface area contributed by atoms with Crippen molar-refractivity contribution in [3.63, 3.8) is 0 Å². The van der Waals surface area contributed by atoms with E-state index in [0.717, 1.165) is 32.4 Å². The van der Waals surface area contributed by atoms with Gasteiger partial charge < -0.3 is 10.2 Å². The lowest BCUT2D eigenvalue weighted by molar-refractivity contribution is -0.138. The fourth-order valence-electron chi connectivity index (χ4n) is 6.90. The maximum atomic E-state index is 13.4. The third-order valence-corrected chi connectivity index (χ3v) is 7.47. The molecule has 1 N–H and O–H groups in total. The molecule has 1 aromatic rings. The largest absolute Gasteiger partial charge is 0.352 e. The van der Waals surface area contributed by atoms with Gasteiger partial charge in [-0.05, 0) is 74.4 Å². The molecule has 148 valence electrons. The Morgan fingerprint density at radius 2 is 1.81 bits per heavy atom. The van der Waals surface area contributed by atoms with Gasteiger partial charge in [0, 0.05) is 18.0 Å². The van der Waals surface area contributed by atoms with Crippen LogP contribution in [0.3, 0.4) is 0 Å². The molecule has 1 aromatic carbocycles. The van der Waals surface area contributed by atoms with E-state index in [1.54, 1.807) is 0 Å². The molecule has 1 amide bonds. The monoisotopic (exact) mass is 368 g/mol. The number of fused-ring (bicyclic) bond motifs is 2. The summed E-state index contributed by atoms with van der Waals surface area (Å²) in [5.41, 5.74) is 1.69. The molecule has 3 fully saturated rings. The number of likely N-dealkylation sites (tertiary alicyclic amines) is 1. The highest BCUT2D eigenvalue weighted by molar-refractivity contribution is 5.83. The molecule has 3 aliphatic rings. The average Bonchev–Trinajstić information content (AvgIpc) is 2.98. The van der Waals surface area contributed by atoms with Gasteiger partial charge in [0.2, 0.25) is 5.91 Å². The number of likely N-dealkylation sites (N-methyl/N-ethyl adjacent to an activating group) is 1. The molecule has 3 heteroatoms. The first-order chi connectivity index (χ1) is 12.7. The van der Waals surface area contributed by atoms with Gasteiger partial charge in [-0.3, -0.25) is 4.79 Å². The molecule has 3 nitrogen and oxygen atoms in total. The van der Waals surface area contributed by atoms with Crippen molar-refractivity contribution in [1.82, 2.24) is 10.2 Å². The number of hydrogen-bond donors (Lipinski definition) is 1. The van der Waals surface area contributed by atoms with E-state index < -0.39 is 0 Å². The summed E-state index contributed by atoms with van der Waals surface area (Å²) in [6, 6.07) is 11.4. The van der Waals surface area contributed by atoms with Crippen LogP contribution in [0.5, 0.6) is 0 Å². The first-order valence-electron chi connectivity index (χ1n) is 10.7. The minimum Gasteiger partial charge on any atom is -0.352 e. The quantitative estimate of drug-likeness (QED) is 0.859. The van der Waals surface area contributed by atoms with Crippen molar-refractivity contribution >= 4 is 5.91 Å². The van der Waals surface area contributed by atoms with Gasteiger partial charge in [0.15, 0.2) is 0 Å². The van der Waals surface area contributed by atoms with Crippen LogP contribution in [-0.4, -0.2) is 37.0 Å². The molecule has 2 bridgehead atoms. The Balaban J connectivity index is 1.61. The van der Waals surface area contributed by atoms with Crippen LogP contribution < -0.4 is 5.32 Å². The summed E-state index contributed by atoms with van der Waals surface area (Å²) in [4.78, 5) is 15.7. The summed E-state index contributed by atoms with van der Waals surface area (Å²) >= 11 is 0. The summed E-state index contributed by atoms with van der Waals surface area (Å²) in [5, 5.41) is 3.42. The molecule has 1 saturated heterocycles. The Morgan fingerprint density at radius 1 is 1.07 bits per heavy atom. The molecule has 4 unspecified atom stereocenters. The van der Waals surface area contributed by atoms with E-state index in [1.807, 2.05) is 0 Å². The Bertz CT molecular complexity index is 700. The normalized spacial score (nSPS) is 38.5.